The van der Waals surface area contributed by atoms with Gasteiger partial charge in [0.1, 0.15) is 5.75 Å². The first-order chi connectivity index (χ1) is 14.6. The number of rotatable bonds is 8. The van der Waals surface area contributed by atoms with Crippen LogP contribution in [0.2, 0.25) is 0 Å². The number of nitrogens with zero attached hydrogens (tertiary/aromatic N) is 2. The summed E-state index contributed by atoms with van der Waals surface area (Å²) < 4.78 is 33.9. The van der Waals surface area contributed by atoms with Gasteiger partial charge in [-0.1, -0.05) is 29.0 Å². The van der Waals surface area contributed by atoms with E-state index in [1.807, 2.05) is 46.8 Å². The number of hydrogen-bond acceptors (Lipinski definition) is 6. The Hall–Kier alpha value is -2.49. The number of anilines is 1. The monoisotopic (exact) mass is 461 g/mol. The highest BCUT2D eigenvalue weighted by atomic mass is 32.2. The third-order valence-electron chi connectivity index (χ3n) is 4.59. The van der Waals surface area contributed by atoms with E-state index in [4.69, 9.17) is 4.74 Å². The van der Waals surface area contributed by atoms with Gasteiger partial charge in [-0.05, 0) is 65.0 Å². The van der Waals surface area contributed by atoms with Crippen LogP contribution in [0.15, 0.2) is 47.4 Å². The number of aryl methyl sites for hydroxylation is 1. The number of fused-ring (bicyclic) bond motifs is 1. The molecule has 1 aromatic heterocycles. The van der Waals surface area contributed by atoms with E-state index >= 15 is 0 Å². The largest absolute Gasteiger partial charge is 0.484 e. The first-order valence-electron chi connectivity index (χ1n) is 10.0. The summed E-state index contributed by atoms with van der Waals surface area (Å²) in [5, 5.41) is 3.11. The van der Waals surface area contributed by atoms with Crippen molar-refractivity contribution >= 4 is 42.6 Å². The molecule has 0 aliphatic rings. The quantitative estimate of drug-likeness (QED) is 0.536. The zero-order chi connectivity index (χ0) is 22.8. The topological polar surface area (TPSA) is 88.6 Å². The fraction of sp³-hybridized carbons (Fsp3) is 0.364. The van der Waals surface area contributed by atoms with E-state index in [1.165, 1.54) is 15.6 Å². The molecule has 7 nitrogen and oxygen atoms in total. The molecule has 0 unspecified atom stereocenters. The predicted molar refractivity (Wildman–Crippen MR) is 124 cm³/mol. The first kappa shape index (κ1) is 23.2. The van der Waals surface area contributed by atoms with Crippen molar-refractivity contribution in [1.29, 1.82) is 0 Å². The molecular formula is C22H27N3O4S2. The van der Waals surface area contributed by atoms with Crippen molar-refractivity contribution < 1.29 is 17.9 Å². The summed E-state index contributed by atoms with van der Waals surface area (Å²) in [6.07, 6.45) is 0. The molecule has 0 aliphatic heterocycles. The van der Waals surface area contributed by atoms with Crippen LogP contribution in [-0.2, 0) is 14.8 Å². The summed E-state index contributed by atoms with van der Waals surface area (Å²) in [5.74, 6) is 0.276. The Morgan fingerprint density at radius 2 is 1.74 bits per heavy atom. The Labute approximate surface area is 187 Å². The molecule has 0 fully saturated rings. The normalized spacial score (nSPS) is 12.1. The van der Waals surface area contributed by atoms with Crippen LogP contribution in [0.4, 0.5) is 5.13 Å². The standard InChI is InChI=1S/C22H27N3O4S2/c1-14(2)25(15(3)4)31(27,28)18-10-11-19-20(12-18)30-22(23-19)24-21(26)13-29-17-8-6-16(5)7-9-17/h6-12,14-15H,13H2,1-5H3,(H,23,24,26). The SMILES string of the molecule is Cc1ccc(OCC(=O)Nc2nc3ccc(S(=O)(=O)N(C(C)C)C(C)C)cc3s2)cc1. The van der Waals surface area contributed by atoms with Crippen molar-refractivity contribution in [3.63, 3.8) is 0 Å². The third kappa shape index (κ3) is 5.41. The van der Waals surface area contributed by atoms with Gasteiger partial charge in [0.25, 0.3) is 5.91 Å². The number of aromatic nitrogens is 1. The highest BCUT2D eigenvalue weighted by Gasteiger charge is 2.29. The zero-order valence-corrected chi connectivity index (χ0v) is 19.9. The molecule has 0 saturated heterocycles. The van der Waals surface area contributed by atoms with Crippen molar-refractivity contribution in [3.05, 3.63) is 48.0 Å². The van der Waals surface area contributed by atoms with E-state index in [1.54, 1.807) is 30.3 Å². The molecule has 31 heavy (non-hydrogen) atoms. The van der Waals surface area contributed by atoms with Gasteiger partial charge in [0.05, 0.1) is 15.1 Å². The van der Waals surface area contributed by atoms with Crippen LogP contribution in [0.1, 0.15) is 33.3 Å². The highest BCUT2D eigenvalue weighted by molar-refractivity contribution is 7.89. The maximum Gasteiger partial charge on any atom is 0.264 e. The van der Waals surface area contributed by atoms with Gasteiger partial charge in [-0.3, -0.25) is 10.1 Å². The summed E-state index contributed by atoms with van der Waals surface area (Å²) in [4.78, 5) is 16.8. The molecule has 9 heteroatoms. The van der Waals surface area contributed by atoms with Crippen LogP contribution in [0.25, 0.3) is 10.2 Å². The Morgan fingerprint density at radius 3 is 2.35 bits per heavy atom. The van der Waals surface area contributed by atoms with E-state index in [0.717, 1.165) is 5.56 Å². The second-order valence-corrected chi connectivity index (χ2v) is 10.7. The molecule has 0 radical (unpaired) electrons. The maximum absolute atomic E-state index is 13.1. The Kier molecular flexibility index (Phi) is 6.98. The second-order valence-electron chi connectivity index (χ2n) is 7.82. The Morgan fingerprint density at radius 1 is 1.10 bits per heavy atom. The molecule has 2 aromatic carbocycles. The van der Waals surface area contributed by atoms with Crippen LogP contribution >= 0.6 is 11.3 Å². The van der Waals surface area contributed by atoms with Gasteiger partial charge >= 0.3 is 0 Å². The first-order valence-corrected chi connectivity index (χ1v) is 12.3. The highest BCUT2D eigenvalue weighted by Crippen LogP contribution is 2.30. The van der Waals surface area contributed by atoms with Gasteiger partial charge in [0, 0.05) is 12.1 Å². The molecule has 0 aliphatic carbocycles. The number of carbonyl (C=O) groups excluding carboxylic acids is 1. The summed E-state index contributed by atoms with van der Waals surface area (Å²) in [6, 6.07) is 11.9. The summed E-state index contributed by atoms with van der Waals surface area (Å²) in [6.45, 7) is 9.26. The van der Waals surface area contributed by atoms with Gasteiger partial charge in [0.15, 0.2) is 11.7 Å². The van der Waals surface area contributed by atoms with E-state index in [2.05, 4.69) is 10.3 Å². The van der Waals surface area contributed by atoms with Gasteiger partial charge in [-0.25, -0.2) is 13.4 Å². The van der Waals surface area contributed by atoms with Crippen molar-refractivity contribution in [2.75, 3.05) is 11.9 Å². The van der Waals surface area contributed by atoms with Crippen LogP contribution < -0.4 is 10.1 Å². The van der Waals surface area contributed by atoms with Crippen LogP contribution in [0, 0.1) is 6.92 Å². The molecule has 166 valence electrons. The van der Waals surface area contributed by atoms with Gasteiger partial charge in [0.2, 0.25) is 10.0 Å². The molecule has 1 heterocycles. The number of hydrogen-bond donors (Lipinski definition) is 1. The minimum atomic E-state index is -3.64. The molecule has 3 rings (SSSR count). The van der Waals surface area contributed by atoms with E-state index in [-0.39, 0.29) is 29.5 Å². The lowest BCUT2D eigenvalue weighted by Gasteiger charge is -2.29. The predicted octanol–water partition coefficient (Wildman–Crippen LogP) is 4.43. The molecule has 0 atom stereocenters. The van der Waals surface area contributed by atoms with Crippen LogP contribution in [0.5, 0.6) is 5.75 Å². The van der Waals surface area contributed by atoms with Crippen molar-refractivity contribution in [1.82, 2.24) is 9.29 Å². The molecule has 1 amide bonds. The average molecular weight is 462 g/mol. The van der Waals surface area contributed by atoms with E-state index in [9.17, 15) is 13.2 Å². The molecule has 0 bridgehead atoms. The molecule has 0 spiro atoms. The summed E-state index contributed by atoms with van der Waals surface area (Å²) in [5.41, 5.74) is 1.73. The summed E-state index contributed by atoms with van der Waals surface area (Å²) >= 11 is 1.23. The van der Waals surface area contributed by atoms with E-state index in [0.29, 0.717) is 21.1 Å². The van der Waals surface area contributed by atoms with Crippen LogP contribution in [0.3, 0.4) is 0 Å². The number of thiazole rings is 1. The van der Waals surface area contributed by atoms with E-state index < -0.39 is 10.0 Å². The fourth-order valence-corrected chi connectivity index (χ4v) is 6.19. The molecular weight excluding hydrogens is 434 g/mol. The van der Waals surface area contributed by atoms with Gasteiger partial charge < -0.3 is 4.74 Å². The third-order valence-corrected chi connectivity index (χ3v) is 7.77. The maximum atomic E-state index is 13.1. The minimum absolute atomic E-state index is 0.143. The molecule has 3 aromatic rings. The smallest absolute Gasteiger partial charge is 0.264 e. The lowest BCUT2D eigenvalue weighted by atomic mass is 10.2. The lowest BCUT2D eigenvalue weighted by Crippen LogP contribution is -2.41. The number of benzene rings is 2. The average Bonchev–Trinajstić information content (AvgIpc) is 3.08. The molecule has 0 saturated carbocycles. The van der Waals surface area contributed by atoms with Crippen molar-refractivity contribution in [2.45, 2.75) is 51.6 Å². The van der Waals surface area contributed by atoms with Gasteiger partial charge in [-0.2, -0.15) is 4.31 Å². The van der Waals surface area contributed by atoms with Crippen molar-refractivity contribution in [2.24, 2.45) is 0 Å². The number of carbonyl (C=O) groups is 1. The minimum Gasteiger partial charge on any atom is -0.484 e. The van der Waals surface area contributed by atoms with Gasteiger partial charge in [-0.15, -0.1) is 0 Å². The Balaban J connectivity index is 1.74. The zero-order valence-electron chi connectivity index (χ0n) is 18.2. The number of ether oxygens (including phenoxy) is 1. The second kappa shape index (κ2) is 9.33. The fourth-order valence-electron chi connectivity index (χ4n) is 3.33. The summed E-state index contributed by atoms with van der Waals surface area (Å²) in [7, 11) is -3.64. The van der Waals surface area contributed by atoms with Crippen LogP contribution in [-0.4, -0.2) is 42.3 Å². The Bertz CT molecular complexity index is 1160. The number of amides is 1. The number of nitrogens with one attached hydrogen (secondary N) is 1. The van der Waals surface area contributed by atoms with Crippen molar-refractivity contribution in [3.8, 4) is 5.75 Å². The molecule has 1 N–H and O–H groups in total. The number of sulfonamides is 1. The lowest BCUT2D eigenvalue weighted by molar-refractivity contribution is -0.118.